The van der Waals surface area contributed by atoms with E-state index in [0.29, 0.717) is 11.3 Å². The Morgan fingerprint density at radius 2 is 1.97 bits per heavy atom. The molecule has 1 N–H and O–H groups in total. The summed E-state index contributed by atoms with van der Waals surface area (Å²) < 4.78 is 29.9. The molecule has 6 nitrogen and oxygen atoms in total. The lowest BCUT2D eigenvalue weighted by atomic mass is 10.1. The lowest BCUT2D eigenvalue weighted by Gasteiger charge is -2.19. The smallest absolute Gasteiger partial charge is 0.236 e. The van der Waals surface area contributed by atoms with Crippen LogP contribution in [0.25, 0.3) is 26.9 Å². The van der Waals surface area contributed by atoms with Crippen molar-refractivity contribution >= 4 is 49.0 Å². The molecule has 4 aromatic rings. The monoisotopic (exact) mass is 476 g/mol. The van der Waals surface area contributed by atoms with Crippen LogP contribution in [-0.2, 0) is 15.8 Å². The maximum absolute atomic E-state index is 13.1. The van der Waals surface area contributed by atoms with Gasteiger partial charge >= 0.3 is 0 Å². The number of hydrogen-bond acceptors (Lipinski definition) is 6. The number of rotatable bonds is 8. The molecule has 0 aliphatic carbocycles. The second kappa shape index (κ2) is 9.56. The van der Waals surface area contributed by atoms with Crippen molar-refractivity contribution in [1.29, 1.82) is 0 Å². The van der Waals surface area contributed by atoms with Crippen LogP contribution in [0.4, 0.5) is 11.4 Å². The highest BCUT2D eigenvalue weighted by Gasteiger charge is 2.17. The zero-order valence-corrected chi connectivity index (χ0v) is 20.0. The Labute approximate surface area is 198 Å². The van der Waals surface area contributed by atoms with Crippen LogP contribution < -0.4 is 9.62 Å². The van der Waals surface area contributed by atoms with Crippen LogP contribution in [0.1, 0.15) is 11.1 Å². The summed E-state index contributed by atoms with van der Waals surface area (Å²) in [4.78, 5) is 10.7. The molecular weight excluding hydrogens is 452 g/mol. The van der Waals surface area contributed by atoms with Crippen LogP contribution in [0.5, 0.6) is 0 Å². The van der Waals surface area contributed by atoms with Gasteiger partial charge < -0.3 is 4.90 Å². The number of nitrogens with zero attached hydrogens (tertiary/aromatic N) is 3. The van der Waals surface area contributed by atoms with Crippen molar-refractivity contribution in [3.63, 3.8) is 0 Å². The summed E-state index contributed by atoms with van der Waals surface area (Å²) in [5, 5.41) is 0.814. The number of allylic oxidation sites excluding steroid dienone is 2. The van der Waals surface area contributed by atoms with Crippen LogP contribution in [0.15, 0.2) is 79.7 Å². The van der Waals surface area contributed by atoms with Gasteiger partial charge in [-0.1, -0.05) is 49.1 Å². The van der Waals surface area contributed by atoms with Crippen molar-refractivity contribution in [2.75, 3.05) is 23.7 Å². The van der Waals surface area contributed by atoms with Crippen molar-refractivity contribution in [1.82, 2.24) is 9.97 Å². The summed E-state index contributed by atoms with van der Waals surface area (Å²) in [5.41, 5.74) is 4.72. The van der Waals surface area contributed by atoms with Gasteiger partial charge in [-0.15, -0.1) is 11.3 Å². The second-order valence-electron chi connectivity index (χ2n) is 7.64. The van der Waals surface area contributed by atoms with E-state index in [4.69, 9.17) is 0 Å². The summed E-state index contributed by atoms with van der Waals surface area (Å²) in [6, 6.07) is 14.8. The Bertz CT molecular complexity index is 1410. The van der Waals surface area contributed by atoms with Crippen LogP contribution in [0.2, 0.25) is 0 Å². The molecule has 2 heterocycles. The molecule has 0 fully saturated rings. The van der Waals surface area contributed by atoms with E-state index in [0.717, 1.165) is 32.0 Å². The summed E-state index contributed by atoms with van der Waals surface area (Å²) >= 11 is 1.52. The molecule has 0 spiro atoms. The third-order valence-corrected chi connectivity index (χ3v) is 7.27. The highest BCUT2D eigenvalue weighted by atomic mass is 32.2. The van der Waals surface area contributed by atoms with E-state index in [1.54, 1.807) is 30.6 Å². The first-order chi connectivity index (χ1) is 15.9. The van der Waals surface area contributed by atoms with Crippen molar-refractivity contribution in [3.8, 4) is 10.6 Å². The third-order valence-electron chi connectivity index (χ3n) is 4.97. The molecular formula is C25H24N4O2S2. The Hall–Kier alpha value is -3.49. The number of benzene rings is 2. The highest BCUT2D eigenvalue weighted by Crippen LogP contribution is 2.31. The molecule has 4 rings (SSSR count). The van der Waals surface area contributed by atoms with E-state index in [1.165, 1.54) is 11.3 Å². The molecule has 2 aromatic carbocycles. The van der Waals surface area contributed by atoms with Gasteiger partial charge in [0.05, 0.1) is 16.0 Å². The second-order valence-corrected chi connectivity index (χ2v) is 10.4. The predicted molar refractivity (Wildman–Crippen MR) is 139 cm³/mol. The minimum absolute atomic E-state index is 0.150. The van der Waals surface area contributed by atoms with Gasteiger partial charge in [-0.05, 0) is 29.8 Å². The number of thiazole rings is 1. The summed E-state index contributed by atoms with van der Waals surface area (Å²) in [7, 11) is 0.206. The summed E-state index contributed by atoms with van der Waals surface area (Å²) in [6.07, 6.45) is 8.86. The van der Waals surface area contributed by atoms with E-state index in [1.807, 2.05) is 67.5 Å². The molecule has 0 amide bonds. The lowest BCUT2D eigenvalue weighted by molar-refractivity contribution is 0.600. The number of anilines is 2. The molecule has 0 radical (unpaired) electrons. The molecule has 0 saturated heterocycles. The fourth-order valence-electron chi connectivity index (χ4n) is 3.51. The quantitative estimate of drug-likeness (QED) is 0.337. The molecule has 0 aliphatic heterocycles. The highest BCUT2D eigenvalue weighted by molar-refractivity contribution is 7.91. The average Bonchev–Trinajstić information content (AvgIpc) is 3.22. The fraction of sp³-hybridized carbons (Fsp3) is 0.120. The number of fused-ring (bicyclic) bond motifs is 1. The van der Waals surface area contributed by atoms with Crippen molar-refractivity contribution in [3.05, 3.63) is 90.8 Å². The van der Waals surface area contributed by atoms with E-state index >= 15 is 0 Å². The largest absolute Gasteiger partial charge is 0.377 e. The maximum atomic E-state index is 13.1. The van der Waals surface area contributed by atoms with Gasteiger partial charge in [-0.25, -0.2) is 13.4 Å². The molecule has 8 heteroatoms. The fourth-order valence-corrected chi connectivity index (χ4v) is 5.66. The predicted octanol–water partition coefficient (Wildman–Crippen LogP) is 5.57. The Kier molecular flexibility index (Phi) is 6.57. The number of nitrogens with one attached hydrogen (secondary N) is 1. The third kappa shape index (κ3) is 5.30. The van der Waals surface area contributed by atoms with Gasteiger partial charge in [-0.3, -0.25) is 9.71 Å². The van der Waals surface area contributed by atoms with E-state index in [2.05, 4.69) is 21.3 Å². The molecule has 0 atom stereocenters. The average molecular weight is 477 g/mol. The Balaban J connectivity index is 1.61. The Morgan fingerprint density at radius 3 is 2.73 bits per heavy atom. The topological polar surface area (TPSA) is 75.2 Å². The van der Waals surface area contributed by atoms with Crippen LogP contribution in [-0.4, -0.2) is 32.5 Å². The van der Waals surface area contributed by atoms with E-state index in [9.17, 15) is 8.42 Å². The normalized spacial score (nSPS) is 11.7. The number of hydrogen-bond donors (Lipinski definition) is 1. The Morgan fingerprint density at radius 1 is 1.15 bits per heavy atom. The van der Waals surface area contributed by atoms with Crippen LogP contribution >= 0.6 is 11.3 Å². The van der Waals surface area contributed by atoms with Crippen molar-refractivity contribution in [2.45, 2.75) is 5.75 Å². The van der Waals surface area contributed by atoms with Gasteiger partial charge in [-0.2, -0.15) is 0 Å². The minimum Gasteiger partial charge on any atom is -0.377 e. The minimum atomic E-state index is -3.66. The zero-order valence-electron chi connectivity index (χ0n) is 18.4. The van der Waals surface area contributed by atoms with Gasteiger partial charge in [0.1, 0.15) is 5.01 Å². The van der Waals surface area contributed by atoms with Crippen molar-refractivity contribution in [2.24, 2.45) is 0 Å². The first-order valence-corrected chi connectivity index (χ1v) is 12.7. The first kappa shape index (κ1) is 22.7. The standard InChI is InChI=1S/C25H24N4O2S2/c1-4-5-11-21-19(9-7-12-23(21)29(2)3)17-33(30,31)28-20-10-6-8-18(15-20)25-27-22-13-14-26-16-24(22)32-25/h4-16,28H,1,17H2,2-3H3/b11-5-. The SMILES string of the molecule is C=C/C=C\c1c(CS(=O)(=O)Nc2cccc(-c3nc4ccncc4s3)c2)cccc1N(C)C. The number of aromatic nitrogens is 2. The maximum Gasteiger partial charge on any atom is 0.236 e. The van der Waals surface area contributed by atoms with Crippen molar-refractivity contribution < 1.29 is 8.42 Å². The zero-order chi connectivity index (χ0) is 23.4. The molecule has 0 saturated carbocycles. The molecule has 0 unspecified atom stereocenters. The summed E-state index contributed by atoms with van der Waals surface area (Å²) in [5.74, 6) is -0.150. The van der Waals surface area contributed by atoms with Gasteiger partial charge in [0.25, 0.3) is 0 Å². The molecule has 168 valence electrons. The number of sulfonamides is 1. The van der Waals surface area contributed by atoms with Gasteiger partial charge in [0.15, 0.2) is 0 Å². The summed E-state index contributed by atoms with van der Waals surface area (Å²) in [6.45, 7) is 3.72. The molecule has 0 bridgehead atoms. The lowest BCUT2D eigenvalue weighted by Crippen LogP contribution is -2.17. The van der Waals surface area contributed by atoms with Crippen LogP contribution in [0.3, 0.4) is 0 Å². The molecule has 0 aliphatic rings. The van der Waals surface area contributed by atoms with E-state index < -0.39 is 10.0 Å². The first-order valence-electron chi connectivity index (χ1n) is 10.3. The van der Waals surface area contributed by atoms with Crippen LogP contribution in [0, 0.1) is 0 Å². The number of pyridine rings is 1. The van der Waals surface area contributed by atoms with Gasteiger partial charge in [0, 0.05) is 49.0 Å². The molecule has 33 heavy (non-hydrogen) atoms. The molecule has 2 aromatic heterocycles. The van der Waals surface area contributed by atoms with E-state index in [-0.39, 0.29) is 5.75 Å². The van der Waals surface area contributed by atoms with Gasteiger partial charge in [0.2, 0.25) is 10.0 Å².